The van der Waals surface area contributed by atoms with E-state index in [9.17, 15) is 9.90 Å². The van der Waals surface area contributed by atoms with Crippen LogP contribution in [0.1, 0.15) is 22.7 Å². The van der Waals surface area contributed by atoms with Gasteiger partial charge >= 0.3 is 0 Å². The van der Waals surface area contributed by atoms with Crippen LogP contribution in [0.2, 0.25) is 5.02 Å². The zero-order chi connectivity index (χ0) is 22.2. The minimum Gasteiger partial charge on any atom is -0.503 e. The van der Waals surface area contributed by atoms with Gasteiger partial charge < -0.3 is 24.2 Å². The summed E-state index contributed by atoms with van der Waals surface area (Å²) in [7, 11) is 1.59. The van der Waals surface area contributed by atoms with Crippen LogP contribution in [0.4, 0.5) is 0 Å². The molecule has 0 saturated heterocycles. The number of aliphatic hydroxyl groups excluding tert-OH is 1. The molecule has 1 atom stereocenters. The van der Waals surface area contributed by atoms with Crippen molar-refractivity contribution in [1.29, 1.82) is 0 Å². The lowest BCUT2D eigenvalue weighted by molar-refractivity contribution is -0.130. The monoisotopic (exact) mass is 449 g/mol. The molecule has 0 aromatic heterocycles. The summed E-state index contributed by atoms with van der Waals surface area (Å²) in [5.74, 6) is 1.31. The molecule has 3 aromatic rings. The van der Waals surface area contributed by atoms with E-state index in [0.29, 0.717) is 27.8 Å². The molecule has 1 unspecified atom stereocenters. The first-order valence-corrected chi connectivity index (χ1v) is 10.5. The molecule has 2 aliphatic rings. The predicted octanol–water partition coefficient (Wildman–Crippen LogP) is 5.13. The lowest BCUT2D eigenvalue weighted by atomic mass is 9.93. The third kappa shape index (κ3) is 3.52. The topological polar surface area (TPSA) is 68.2 Å². The number of fused-ring (bicyclic) bond motifs is 1. The van der Waals surface area contributed by atoms with Crippen LogP contribution in [0, 0.1) is 0 Å². The Morgan fingerprint density at radius 1 is 1.03 bits per heavy atom. The molecule has 7 heteroatoms. The first kappa shape index (κ1) is 20.3. The predicted molar refractivity (Wildman–Crippen MR) is 120 cm³/mol. The summed E-state index contributed by atoms with van der Waals surface area (Å²) in [6.07, 6.45) is 0. The van der Waals surface area contributed by atoms with Gasteiger partial charge in [0.1, 0.15) is 5.75 Å². The van der Waals surface area contributed by atoms with E-state index < -0.39 is 11.9 Å². The smallest absolute Gasteiger partial charge is 0.290 e. The third-order valence-electron chi connectivity index (χ3n) is 5.68. The molecular formula is C25H20ClNO5. The van der Waals surface area contributed by atoms with E-state index in [0.717, 1.165) is 16.7 Å². The molecule has 0 fully saturated rings. The molecule has 2 aliphatic heterocycles. The fourth-order valence-corrected chi connectivity index (χ4v) is 4.24. The highest BCUT2D eigenvalue weighted by atomic mass is 35.5. The summed E-state index contributed by atoms with van der Waals surface area (Å²) >= 11 is 6.10. The quantitative estimate of drug-likeness (QED) is 0.584. The number of benzene rings is 3. The van der Waals surface area contributed by atoms with Gasteiger partial charge in [-0.15, -0.1) is 0 Å². The first-order chi connectivity index (χ1) is 15.5. The number of carbonyl (C=O) groups is 1. The van der Waals surface area contributed by atoms with Crippen LogP contribution < -0.4 is 14.2 Å². The minimum absolute atomic E-state index is 0.179. The van der Waals surface area contributed by atoms with Crippen molar-refractivity contribution < 1.29 is 24.1 Å². The van der Waals surface area contributed by atoms with Crippen LogP contribution >= 0.6 is 11.6 Å². The van der Waals surface area contributed by atoms with Gasteiger partial charge in [0.25, 0.3) is 5.91 Å². The fourth-order valence-electron chi connectivity index (χ4n) is 4.11. The molecular weight excluding hydrogens is 430 g/mol. The highest BCUT2D eigenvalue weighted by molar-refractivity contribution is 6.30. The summed E-state index contributed by atoms with van der Waals surface area (Å²) < 4.78 is 16.1. The fraction of sp³-hybridized carbons (Fsp3) is 0.160. The maximum Gasteiger partial charge on any atom is 0.290 e. The average molecular weight is 450 g/mol. The Balaban J connectivity index is 1.56. The molecule has 0 aliphatic carbocycles. The van der Waals surface area contributed by atoms with Crippen LogP contribution in [0.3, 0.4) is 0 Å². The second-order valence-electron chi connectivity index (χ2n) is 7.57. The SMILES string of the molecule is COc1ccc(C2=C(O)C(=O)N(Cc3ccc4c(c3)OCO4)C2c2ccc(Cl)cc2)cc1. The molecule has 32 heavy (non-hydrogen) atoms. The van der Waals surface area contributed by atoms with E-state index in [-0.39, 0.29) is 19.1 Å². The molecule has 5 rings (SSSR count). The van der Waals surface area contributed by atoms with Crippen LogP contribution in [0.5, 0.6) is 17.2 Å². The van der Waals surface area contributed by atoms with E-state index in [1.165, 1.54) is 0 Å². The Labute approximate surface area is 190 Å². The molecule has 3 aromatic carbocycles. The van der Waals surface area contributed by atoms with Crippen molar-refractivity contribution in [2.24, 2.45) is 0 Å². The molecule has 1 amide bonds. The summed E-state index contributed by atoms with van der Waals surface area (Å²) in [6, 6.07) is 19.7. The van der Waals surface area contributed by atoms with Crippen molar-refractivity contribution >= 4 is 23.1 Å². The van der Waals surface area contributed by atoms with Gasteiger partial charge in [0.05, 0.1) is 13.2 Å². The van der Waals surface area contributed by atoms with E-state index >= 15 is 0 Å². The number of hydrogen-bond donors (Lipinski definition) is 1. The van der Waals surface area contributed by atoms with E-state index in [1.54, 1.807) is 36.3 Å². The first-order valence-electron chi connectivity index (χ1n) is 10.1. The lowest BCUT2D eigenvalue weighted by Crippen LogP contribution is -2.29. The maximum atomic E-state index is 13.2. The van der Waals surface area contributed by atoms with E-state index in [1.807, 2.05) is 42.5 Å². The number of nitrogens with zero attached hydrogens (tertiary/aromatic N) is 1. The molecule has 0 bridgehead atoms. The van der Waals surface area contributed by atoms with Crippen LogP contribution in [0.15, 0.2) is 72.5 Å². The average Bonchev–Trinajstić information content (AvgIpc) is 3.38. The number of rotatable bonds is 5. The third-order valence-corrected chi connectivity index (χ3v) is 5.93. The van der Waals surface area contributed by atoms with Gasteiger partial charge in [-0.2, -0.15) is 0 Å². The number of methoxy groups -OCH3 is 1. The molecule has 162 valence electrons. The molecule has 0 saturated carbocycles. The molecule has 1 N–H and O–H groups in total. The van der Waals surface area contributed by atoms with Gasteiger partial charge in [0.15, 0.2) is 17.3 Å². The summed E-state index contributed by atoms with van der Waals surface area (Å²) in [5, 5.41) is 11.5. The maximum absolute atomic E-state index is 13.2. The van der Waals surface area contributed by atoms with Gasteiger partial charge in [0.2, 0.25) is 6.79 Å². The largest absolute Gasteiger partial charge is 0.503 e. The zero-order valence-electron chi connectivity index (χ0n) is 17.2. The van der Waals surface area contributed by atoms with E-state index in [4.69, 9.17) is 25.8 Å². The summed E-state index contributed by atoms with van der Waals surface area (Å²) in [6.45, 7) is 0.464. The van der Waals surface area contributed by atoms with Crippen molar-refractivity contribution in [3.8, 4) is 17.2 Å². The highest BCUT2D eigenvalue weighted by Gasteiger charge is 2.41. The van der Waals surface area contributed by atoms with E-state index in [2.05, 4.69) is 0 Å². The number of aliphatic hydroxyl groups is 1. The zero-order valence-corrected chi connectivity index (χ0v) is 18.0. The van der Waals surface area contributed by atoms with Crippen LogP contribution in [-0.2, 0) is 11.3 Å². The number of carbonyl (C=O) groups excluding carboxylic acids is 1. The number of hydrogen-bond acceptors (Lipinski definition) is 5. The number of amides is 1. The van der Waals surface area contributed by atoms with Crippen molar-refractivity contribution in [2.75, 3.05) is 13.9 Å². The van der Waals surface area contributed by atoms with Crippen molar-refractivity contribution in [3.05, 3.63) is 94.2 Å². The molecule has 6 nitrogen and oxygen atoms in total. The lowest BCUT2D eigenvalue weighted by Gasteiger charge is -2.27. The Morgan fingerprint density at radius 3 is 2.47 bits per heavy atom. The van der Waals surface area contributed by atoms with Crippen molar-refractivity contribution in [2.45, 2.75) is 12.6 Å². The second-order valence-corrected chi connectivity index (χ2v) is 8.00. The van der Waals surface area contributed by atoms with Gasteiger partial charge in [-0.25, -0.2) is 0 Å². The highest BCUT2D eigenvalue weighted by Crippen LogP contribution is 2.44. The Bertz CT molecular complexity index is 1200. The van der Waals surface area contributed by atoms with Gasteiger partial charge in [-0.3, -0.25) is 4.79 Å². The number of ether oxygens (including phenoxy) is 3. The second kappa shape index (κ2) is 8.13. The van der Waals surface area contributed by atoms with Crippen LogP contribution in [-0.4, -0.2) is 29.8 Å². The molecule has 2 heterocycles. The van der Waals surface area contributed by atoms with Crippen molar-refractivity contribution in [3.63, 3.8) is 0 Å². The van der Waals surface area contributed by atoms with Gasteiger partial charge in [-0.1, -0.05) is 41.9 Å². The molecule has 0 radical (unpaired) electrons. The van der Waals surface area contributed by atoms with Crippen molar-refractivity contribution in [1.82, 2.24) is 4.90 Å². The summed E-state index contributed by atoms with van der Waals surface area (Å²) in [5.41, 5.74) is 2.99. The Hall–Kier alpha value is -3.64. The number of halogens is 1. The Morgan fingerprint density at radius 2 is 1.75 bits per heavy atom. The van der Waals surface area contributed by atoms with Crippen LogP contribution in [0.25, 0.3) is 5.57 Å². The summed E-state index contributed by atoms with van der Waals surface area (Å²) in [4.78, 5) is 14.9. The van der Waals surface area contributed by atoms with Gasteiger partial charge in [0, 0.05) is 17.1 Å². The standard InChI is InChI=1S/C25H20ClNO5/c1-30-19-9-5-16(6-10-19)22-23(17-3-7-18(26)8-4-17)27(25(29)24(22)28)13-15-2-11-20-21(12-15)32-14-31-20/h2-12,23,28H,13-14H2,1H3. The minimum atomic E-state index is -0.487. The van der Waals surface area contributed by atoms with Gasteiger partial charge in [-0.05, 0) is 53.1 Å². The molecule has 0 spiro atoms. The Kier molecular flexibility index (Phi) is 5.15. The normalized spacial score (nSPS) is 17.2.